The van der Waals surface area contributed by atoms with E-state index in [0.717, 1.165) is 109 Å². The van der Waals surface area contributed by atoms with Crippen molar-refractivity contribution >= 4 is 29.1 Å². The van der Waals surface area contributed by atoms with Gasteiger partial charge in [-0.15, -0.1) is 11.3 Å². The molecular weight excluding hydrogens is 619 g/mol. The molecule has 2 N–H and O–H groups in total. The predicted octanol–water partition coefficient (Wildman–Crippen LogP) is 8.57. The summed E-state index contributed by atoms with van der Waals surface area (Å²) in [6.07, 6.45) is 19.9. The summed E-state index contributed by atoms with van der Waals surface area (Å²) in [7, 11) is 0. The number of thiophene rings is 1. The fourth-order valence-corrected chi connectivity index (χ4v) is 7.40. The molecule has 0 aliphatic heterocycles. The number of benzene rings is 1. The average molecular weight is 682 g/mol. The van der Waals surface area contributed by atoms with Gasteiger partial charge in [0.1, 0.15) is 5.75 Å². The van der Waals surface area contributed by atoms with Crippen LogP contribution in [0.25, 0.3) is 0 Å². The van der Waals surface area contributed by atoms with E-state index in [-0.39, 0.29) is 24.2 Å². The molecule has 2 aromatic rings. The molecule has 7 nitrogen and oxygen atoms in total. The SMILES string of the molecule is CCCCCCCNC(=O)CCCCCCCCCC(=O)NCCC(=O)Oc1cccc2c1CC[C@H](N(CCC)CCc1cccs1)C2. The van der Waals surface area contributed by atoms with Gasteiger partial charge in [-0.1, -0.05) is 89.8 Å². The van der Waals surface area contributed by atoms with Crippen LogP contribution >= 0.6 is 11.3 Å². The van der Waals surface area contributed by atoms with Crippen LogP contribution in [0.4, 0.5) is 0 Å². The topological polar surface area (TPSA) is 87.7 Å². The highest BCUT2D eigenvalue weighted by molar-refractivity contribution is 7.09. The zero-order valence-electron chi connectivity index (χ0n) is 30.0. The van der Waals surface area contributed by atoms with Crippen molar-refractivity contribution in [2.45, 2.75) is 148 Å². The molecule has 3 rings (SSSR count). The summed E-state index contributed by atoms with van der Waals surface area (Å²) in [5.41, 5.74) is 2.45. The van der Waals surface area contributed by atoms with Crippen LogP contribution in [0.5, 0.6) is 5.75 Å². The van der Waals surface area contributed by atoms with Gasteiger partial charge >= 0.3 is 5.97 Å². The molecule has 2 amide bonds. The molecule has 1 aromatic heterocycles. The number of amides is 2. The first-order valence-electron chi connectivity index (χ1n) is 19.1. The fourth-order valence-electron chi connectivity index (χ4n) is 6.70. The van der Waals surface area contributed by atoms with Crippen molar-refractivity contribution in [3.05, 3.63) is 51.7 Å². The van der Waals surface area contributed by atoms with Crippen LogP contribution in [0.1, 0.15) is 139 Å². The van der Waals surface area contributed by atoms with E-state index in [0.29, 0.717) is 31.2 Å². The Kier molecular flexibility index (Phi) is 20.2. The van der Waals surface area contributed by atoms with Crippen LogP contribution in [-0.4, -0.2) is 54.9 Å². The summed E-state index contributed by atoms with van der Waals surface area (Å²) in [4.78, 5) is 41.0. The number of carbonyl (C=O) groups excluding carboxylic acids is 3. The number of nitrogens with zero attached hydrogens (tertiary/aromatic N) is 1. The van der Waals surface area contributed by atoms with Crippen molar-refractivity contribution in [3.8, 4) is 5.75 Å². The maximum Gasteiger partial charge on any atom is 0.312 e. The Morgan fingerprint density at radius 2 is 1.46 bits per heavy atom. The third-order valence-electron chi connectivity index (χ3n) is 9.45. The minimum absolute atomic E-state index is 0.00183. The van der Waals surface area contributed by atoms with Gasteiger partial charge in [0.2, 0.25) is 11.8 Å². The molecule has 0 saturated heterocycles. The van der Waals surface area contributed by atoms with Gasteiger partial charge in [0.25, 0.3) is 0 Å². The van der Waals surface area contributed by atoms with Crippen LogP contribution in [0, 0.1) is 0 Å². The van der Waals surface area contributed by atoms with Crippen LogP contribution < -0.4 is 15.4 Å². The van der Waals surface area contributed by atoms with Crippen molar-refractivity contribution in [2.24, 2.45) is 0 Å². The second kappa shape index (κ2) is 24.4. The van der Waals surface area contributed by atoms with Gasteiger partial charge < -0.3 is 15.4 Å². The Bertz CT molecular complexity index is 1190. The van der Waals surface area contributed by atoms with Crippen molar-refractivity contribution in [2.75, 3.05) is 26.2 Å². The lowest BCUT2D eigenvalue weighted by Gasteiger charge is -2.35. The second-order valence-corrected chi connectivity index (χ2v) is 14.5. The summed E-state index contributed by atoms with van der Waals surface area (Å²) in [5.74, 6) is 0.569. The minimum atomic E-state index is -0.297. The summed E-state index contributed by atoms with van der Waals surface area (Å²) in [6.45, 7) is 7.76. The number of esters is 1. The molecule has 0 saturated carbocycles. The van der Waals surface area contributed by atoms with E-state index in [2.05, 4.69) is 53.0 Å². The molecule has 1 heterocycles. The van der Waals surface area contributed by atoms with Crippen molar-refractivity contribution in [1.82, 2.24) is 15.5 Å². The standard InChI is InChI=1S/C40H63N3O4S/c1-3-5-6-12-15-27-41-38(44)21-13-10-8-7-9-11-14-22-39(45)42-28-25-40(46)47-37-20-16-18-33-32-34(23-24-36(33)37)43(29-4-2)30-26-35-19-17-31-48-35/h16-20,31,34H,3-15,21-30,32H2,1-2H3,(H,41,44)(H,42,45)/t34-/m0/s1. The van der Waals surface area contributed by atoms with Gasteiger partial charge in [0.05, 0.1) is 6.42 Å². The zero-order chi connectivity index (χ0) is 34.2. The number of ether oxygens (including phenoxy) is 1. The molecule has 1 aliphatic rings. The van der Waals surface area contributed by atoms with E-state index >= 15 is 0 Å². The lowest BCUT2D eigenvalue weighted by Crippen LogP contribution is -2.41. The quantitative estimate of drug-likeness (QED) is 0.0590. The molecule has 0 radical (unpaired) electrons. The molecule has 8 heteroatoms. The monoisotopic (exact) mass is 681 g/mol. The molecular formula is C40H63N3O4S. The number of unbranched alkanes of at least 4 members (excludes halogenated alkanes) is 10. The Morgan fingerprint density at radius 3 is 2.15 bits per heavy atom. The molecule has 1 aromatic carbocycles. The third kappa shape index (κ3) is 16.1. The number of rotatable bonds is 26. The summed E-state index contributed by atoms with van der Waals surface area (Å²) < 4.78 is 5.81. The highest BCUT2D eigenvalue weighted by atomic mass is 32.1. The maximum atomic E-state index is 12.7. The van der Waals surface area contributed by atoms with Crippen molar-refractivity contribution < 1.29 is 19.1 Å². The molecule has 268 valence electrons. The van der Waals surface area contributed by atoms with Gasteiger partial charge in [-0.25, -0.2) is 0 Å². The Balaban J connectivity index is 1.21. The first kappa shape index (κ1) is 39.7. The predicted molar refractivity (Wildman–Crippen MR) is 199 cm³/mol. The lowest BCUT2D eigenvalue weighted by atomic mass is 9.86. The largest absolute Gasteiger partial charge is 0.426 e. The van der Waals surface area contributed by atoms with Gasteiger partial charge in [0.15, 0.2) is 0 Å². The zero-order valence-corrected chi connectivity index (χ0v) is 30.8. The third-order valence-corrected chi connectivity index (χ3v) is 10.4. The Morgan fingerprint density at radius 1 is 0.771 bits per heavy atom. The van der Waals surface area contributed by atoms with E-state index in [4.69, 9.17) is 4.74 Å². The second-order valence-electron chi connectivity index (χ2n) is 13.5. The Hall–Kier alpha value is -2.71. The number of hydrogen-bond acceptors (Lipinski definition) is 6. The minimum Gasteiger partial charge on any atom is -0.426 e. The normalized spacial score (nSPS) is 14.1. The van der Waals surface area contributed by atoms with Crippen LogP contribution in [0.2, 0.25) is 0 Å². The van der Waals surface area contributed by atoms with Gasteiger partial charge in [-0.2, -0.15) is 0 Å². The Labute approximate surface area is 295 Å². The molecule has 1 atom stereocenters. The van der Waals surface area contributed by atoms with E-state index in [1.165, 1.54) is 36.1 Å². The van der Waals surface area contributed by atoms with Crippen molar-refractivity contribution in [3.63, 3.8) is 0 Å². The van der Waals surface area contributed by atoms with Crippen molar-refractivity contribution in [1.29, 1.82) is 0 Å². The highest BCUT2D eigenvalue weighted by Crippen LogP contribution is 2.32. The maximum absolute atomic E-state index is 12.7. The molecule has 0 bridgehead atoms. The molecule has 0 fully saturated rings. The summed E-state index contributed by atoms with van der Waals surface area (Å²) in [6, 6.07) is 11.0. The summed E-state index contributed by atoms with van der Waals surface area (Å²) >= 11 is 1.84. The van der Waals surface area contributed by atoms with Crippen LogP contribution in [0.15, 0.2) is 35.7 Å². The smallest absolute Gasteiger partial charge is 0.312 e. The molecule has 0 spiro atoms. The number of fused-ring (bicyclic) bond motifs is 1. The van der Waals surface area contributed by atoms with E-state index in [1.807, 2.05) is 23.5 Å². The van der Waals surface area contributed by atoms with Gasteiger partial charge in [0, 0.05) is 43.4 Å². The number of hydrogen-bond donors (Lipinski definition) is 2. The first-order valence-corrected chi connectivity index (χ1v) is 20.0. The van der Waals surface area contributed by atoms with Gasteiger partial charge in [-0.05, 0) is 86.6 Å². The molecule has 1 aliphatic carbocycles. The average Bonchev–Trinajstić information content (AvgIpc) is 3.61. The number of carbonyl (C=O) groups is 3. The van der Waals surface area contributed by atoms with Crippen LogP contribution in [0.3, 0.4) is 0 Å². The molecule has 48 heavy (non-hydrogen) atoms. The number of nitrogens with one attached hydrogen (secondary N) is 2. The highest BCUT2D eigenvalue weighted by Gasteiger charge is 2.26. The molecule has 0 unspecified atom stereocenters. The van der Waals surface area contributed by atoms with Crippen LogP contribution in [-0.2, 0) is 33.6 Å². The van der Waals surface area contributed by atoms with Gasteiger partial charge in [-0.3, -0.25) is 19.3 Å². The van der Waals surface area contributed by atoms with E-state index < -0.39 is 0 Å². The van der Waals surface area contributed by atoms with E-state index in [9.17, 15) is 14.4 Å². The fraction of sp³-hybridized carbons (Fsp3) is 0.675. The first-order chi connectivity index (χ1) is 23.5. The van der Waals surface area contributed by atoms with E-state index in [1.54, 1.807) is 0 Å². The summed E-state index contributed by atoms with van der Waals surface area (Å²) in [5, 5.41) is 8.08. The lowest BCUT2D eigenvalue weighted by molar-refractivity contribution is -0.134.